The third-order valence-electron chi connectivity index (χ3n) is 3.62. The van der Waals surface area contributed by atoms with Gasteiger partial charge in [-0.25, -0.2) is 0 Å². The first kappa shape index (κ1) is 14.8. The lowest BCUT2D eigenvalue weighted by atomic mass is 10.2. The molecule has 2 rings (SSSR count). The fraction of sp³-hybridized carbons (Fsp3) is 0.600. The summed E-state index contributed by atoms with van der Waals surface area (Å²) in [7, 11) is 1.72. The number of carbonyl (C=O) groups excluding carboxylic acids is 1. The van der Waals surface area contributed by atoms with Crippen LogP contribution in [0.15, 0.2) is 18.3 Å². The first-order chi connectivity index (χ1) is 9.72. The Kier molecular flexibility index (Phi) is 5.35. The lowest BCUT2D eigenvalue weighted by Crippen LogP contribution is -2.33. The molecular formula is C15H23N3O2. The Morgan fingerprint density at radius 3 is 3.05 bits per heavy atom. The van der Waals surface area contributed by atoms with Crippen molar-refractivity contribution in [2.24, 2.45) is 0 Å². The van der Waals surface area contributed by atoms with Gasteiger partial charge in [0.2, 0.25) is 0 Å². The maximum atomic E-state index is 12.2. The van der Waals surface area contributed by atoms with Gasteiger partial charge in [-0.05, 0) is 37.8 Å². The van der Waals surface area contributed by atoms with Crippen LogP contribution in [0.2, 0.25) is 0 Å². The van der Waals surface area contributed by atoms with Gasteiger partial charge in [0.15, 0.2) is 0 Å². The highest BCUT2D eigenvalue weighted by Gasteiger charge is 2.26. The minimum Gasteiger partial charge on any atom is -0.385 e. The van der Waals surface area contributed by atoms with Gasteiger partial charge < -0.3 is 15.4 Å². The van der Waals surface area contributed by atoms with Crippen molar-refractivity contribution < 1.29 is 9.53 Å². The monoisotopic (exact) mass is 277 g/mol. The highest BCUT2D eigenvalue weighted by molar-refractivity contribution is 5.93. The van der Waals surface area contributed by atoms with E-state index >= 15 is 0 Å². The van der Waals surface area contributed by atoms with Crippen LogP contribution in [0.25, 0.3) is 0 Å². The van der Waals surface area contributed by atoms with E-state index in [2.05, 4.69) is 22.5 Å². The molecule has 1 aromatic heterocycles. The first-order valence-corrected chi connectivity index (χ1v) is 7.26. The Balaban J connectivity index is 1.92. The average molecular weight is 277 g/mol. The molecule has 2 unspecified atom stereocenters. The number of pyridine rings is 1. The van der Waals surface area contributed by atoms with Crippen molar-refractivity contribution in [3.8, 4) is 0 Å². The van der Waals surface area contributed by atoms with Gasteiger partial charge in [-0.15, -0.1) is 0 Å². The largest absolute Gasteiger partial charge is 0.385 e. The van der Waals surface area contributed by atoms with E-state index in [0.29, 0.717) is 5.69 Å². The molecule has 1 aromatic rings. The Morgan fingerprint density at radius 2 is 2.35 bits per heavy atom. The van der Waals surface area contributed by atoms with Gasteiger partial charge in [0, 0.05) is 31.6 Å². The third kappa shape index (κ3) is 3.93. The van der Waals surface area contributed by atoms with E-state index in [1.165, 1.54) is 0 Å². The molecule has 5 nitrogen and oxygen atoms in total. The molecule has 1 aliphatic carbocycles. The van der Waals surface area contributed by atoms with Crippen molar-refractivity contribution in [1.29, 1.82) is 0 Å². The van der Waals surface area contributed by atoms with Crippen LogP contribution in [-0.2, 0) is 4.74 Å². The summed E-state index contributed by atoms with van der Waals surface area (Å²) in [6.07, 6.45) is 5.84. The second-order valence-corrected chi connectivity index (χ2v) is 5.20. The van der Waals surface area contributed by atoms with Gasteiger partial charge in [0.25, 0.3) is 5.91 Å². The van der Waals surface area contributed by atoms with Crippen LogP contribution in [0.4, 0.5) is 5.69 Å². The van der Waals surface area contributed by atoms with Gasteiger partial charge in [-0.2, -0.15) is 0 Å². The summed E-state index contributed by atoms with van der Waals surface area (Å²) in [6.45, 7) is 3.00. The van der Waals surface area contributed by atoms with E-state index in [4.69, 9.17) is 4.74 Å². The zero-order valence-electron chi connectivity index (χ0n) is 12.2. The molecule has 5 heteroatoms. The van der Waals surface area contributed by atoms with Crippen LogP contribution >= 0.6 is 0 Å². The number of hydrogen-bond donors (Lipinski definition) is 2. The van der Waals surface area contributed by atoms with Crippen molar-refractivity contribution in [3.63, 3.8) is 0 Å². The van der Waals surface area contributed by atoms with Crippen molar-refractivity contribution >= 4 is 11.6 Å². The number of methoxy groups -OCH3 is 1. The molecule has 0 spiro atoms. The number of carbonyl (C=O) groups is 1. The second kappa shape index (κ2) is 7.24. The van der Waals surface area contributed by atoms with Crippen molar-refractivity contribution in [2.45, 2.75) is 44.8 Å². The average Bonchev–Trinajstić information content (AvgIpc) is 2.93. The van der Waals surface area contributed by atoms with E-state index in [9.17, 15) is 4.79 Å². The maximum absolute atomic E-state index is 12.2. The number of nitrogens with zero attached hydrogens (tertiary/aromatic N) is 1. The first-order valence-electron chi connectivity index (χ1n) is 7.26. The quantitative estimate of drug-likeness (QED) is 0.836. The van der Waals surface area contributed by atoms with Crippen molar-refractivity contribution in [3.05, 3.63) is 24.0 Å². The van der Waals surface area contributed by atoms with E-state index in [1.807, 2.05) is 6.07 Å². The minimum atomic E-state index is -0.105. The summed E-state index contributed by atoms with van der Waals surface area (Å²) in [5.74, 6) is -0.105. The Bertz CT molecular complexity index is 450. The molecule has 1 saturated carbocycles. The predicted molar refractivity (Wildman–Crippen MR) is 78.9 cm³/mol. The molecule has 110 valence electrons. The van der Waals surface area contributed by atoms with Gasteiger partial charge in [-0.1, -0.05) is 6.92 Å². The normalized spacial score (nSPS) is 21.7. The number of rotatable bonds is 6. The molecule has 1 heterocycles. The van der Waals surface area contributed by atoms with Crippen LogP contribution in [0, 0.1) is 0 Å². The number of amides is 1. The Labute approximate surface area is 120 Å². The lowest BCUT2D eigenvalue weighted by Gasteiger charge is -2.13. The molecule has 0 aliphatic heterocycles. The summed E-state index contributed by atoms with van der Waals surface area (Å²) in [5.41, 5.74) is 1.40. The third-order valence-corrected chi connectivity index (χ3v) is 3.62. The van der Waals surface area contributed by atoms with Crippen LogP contribution in [0.3, 0.4) is 0 Å². The summed E-state index contributed by atoms with van der Waals surface area (Å²) in [6, 6.07) is 3.87. The summed E-state index contributed by atoms with van der Waals surface area (Å²) < 4.78 is 5.32. The van der Waals surface area contributed by atoms with E-state index in [1.54, 1.807) is 19.4 Å². The number of nitrogens with one attached hydrogen (secondary N) is 2. The number of aromatic nitrogens is 1. The highest BCUT2D eigenvalue weighted by atomic mass is 16.5. The van der Waals surface area contributed by atoms with E-state index in [-0.39, 0.29) is 18.1 Å². The zero-order chi connectivity index (χ0) is 14.4. The Morgan fingerprint density at radius 1 is 1.50 bits per heavy atom. The van der Waals surface area contributed by atoms with Gasteiger partial charge >= 0.3 is 0 Å². The molecule has 0 aromatic carbocycles. The highest BCUT2D eigenvalue weighted by Crippen LogP contribution is 2.21. The fourth-order valence-electron chi connectivity index (χ4n) is 2.48. The molecule has 1 aliphatic rings. The molecule has 0 radical (unpaired) electrons. The van der Waals surface area contributed by atoms with Gasteiger partial charge in [0.05, 0.1) is 6.10 Å². The van der Waals surface area contributed by atoms with Crippen LogP contribution in [0.1, 0.15) is 43.1 Å². The molecule has 1 amide bonds. The SMILES string of the molecule is CCCNc1ccnc(C(=O)NC2CCC(OC)C2)c1. The predicted octanol–water partition coefficient (Wildman–Crippen LogP) is 2.20. The van der Waals surface area contributed by atoms with Crippen LogP contribution in [-0.4, -0.2) is 36.7 Å². The number of anilines is 1. The molecule has 1 fully saturated rings. The number of hydrogen-bond acceptors (Lipinski definition) is 4. The van der Waals surface area contributed by atoms with Crippen molar-refractivity contribution in [1.82, 2.24) is 10.3 Å². The molecular weight excluding hydrogens is 254 g/mol. The molecule has 0 bridgehead atoms. The summed E-state index contributed by atoms with van der Waals surface area (Å²) in [4.78, 5) is 16.3. The summed E-state index contributed by atoms with van der Waals surface area (Å²) >= 11 is 0. The molecule has 2 N–H and O–H groups in total. The van der Waals surface area contributed by atoms with Gasteiger partial charge in [0.1, 0.15) is 5.69 Å². The second-order valence-electron chi connectivity index (χ2n) is 5.20. The number of ether oxygens (including phenoxy) is 1. The standard InChI is InChI=1S/C15H23N3O2/c1-3-7-16-11-6-8-17-14(10-11)15(19)18-12-4-5-13(9-12)20-2/h6,8,10,12-13H,3-5,7,9H2,1-2H3,(H,16,17)(H,18,19). The maximum Gasteiger partial charge on any atom is 0.270 e. The van der Waals surface area contributed by atoms with Crippen LogP contribution < -0.4 is 10.6 Å². The van der Waals surface area contributed by atoms with Gasteiger partial charge in [-0.3, -0.25) is 9.78 Å². The summed E-state index contributed by atoms with van der Waals surface area (Å²) in [5, 5.41) is 6.29. The van der Waals surface area contributed by atoms with Crippen molar-refractivity contribution in [2.75, 3.05) is 19.0 Å². The Hall–Kier alpha value is -1.62. The van der Waals surface area contributed by atoms with Crippen LogP contribution in [0.5, 0.6) is 0 Å². The van der Waals surface area contributed by atoms with E-state index in [0.717, 1.165) is 37.9 Å². The smallest absolute Gasteiger partial charge is 0.270 e. The molecule has 2 atom stereocenters. The fourth-order valence-corrected chi connectivity index (χ4v) is 2.48. The molecule has 20 heavy (non-hydrogen) atoms. The zero-order valence-corrected chi connectivity index (χ0v) is 12.2. The molecule has 0 saturated heterocycles. The van der Waals surface area contributed by atoms with E-state index < -0.39 is 0 Å². The lowest BCUT2D eigenvalue weighted by molar-refractivity contribution is 0.0910. The topological polar surface area (TPSA) is 63.2 Å². The minimum absolute atomic E-state index is 0.105.